The molecule has 0 unspecified atom stereocenters. The summed E-state index contributed by atoms with van der Waals surface area (Å²) in [7, 11) is 0. The Bertz CT molecular complexity index is 1300. The van der Waals surface area contributed by atoms with Crippen LogP contribution in [0.5, 0.6) is 0 Å². The second kappa shape index (κ2) is 10.9. The van der Waals surface area contributed by atoms with Crippen molar-refractivity contribution in [1.82, 2.24) is 19.8 Å². The first kappa shape index (κ1) is 24.8. The molecule has 1 aliphatic rings. The summed E-state index contributed by atoms with van der Waals surface area (Å²) in [5.74, 6) is 0.00722. The van der Waals surface area contributed by atoms with Gasteiger partial charge in [-0.1, -0.05) is 36.0 Å². The minimum atomic E-state index is -0.306. The van der Waals surface area contributed by atoms with Gasteiger partial charge >= 0.3 is 6.09 Å². The van der Waals surface area contributed by atoms with Crippen LogP contribution in [0.4, 0.5) is 4.79 Å². The predicted octanol–water partition coefficient (Wildman–Crippen LogP) is 3.83. The average Bonchev–Trinajstić information content (AvgIpc) is 2.85. The van der Waals surface area contributed by atoms with Crippen LogP contribution in [-0.2, 0) is 9.53 Å². The smallest absolute Gasteiger partial charge is 0.409 e. The third-order valence-corrected chi connectivity index (χ3v) is 7.01. The van der Waals surface area contributed by atoms with Crippen LogP contribution in [0.1, 0.15) is 30.9 Å². The number of carbonyl (C=O) groups is 2. The van der Waals surface area contributed by atoms with Crippen LogP contribution in [0.15, 0.2) is 52.4 Å². The van der Waals surface area contributed by atoms with Gasteiger partial charge in [0.2, 0.25) is 5.91 Å². The number of benzene rings is 2. The van der Waals surface area contributed by atoms with E-state index in [1.54, 1.807) is 22.5 Å². The Hall–Kier alpha value is -3.33. The highest BCUT2D eigenvalue weighted by atomic mass is 32.2. The number of aryl methyl sites for hydroxylation is 2. The Labute approximate surface area is 208 Å². The van der Waals surface area contributed by atoms with E-state index in [0.717, 1.165) is 16.8 Å². The number of rotatable bonds is 6. The molecule has 184 valence electrons. The largest absolute Gasteiger partial charge is 0.450 e. The highest BCUT2D eigenvalue weighted by molar-refractivity contribution is 7.99. The molecule has 2 amide bonds. The summed E-state index contributed by atoms with van der Waals surface area (Å²) in [5, 5.41) is 4.08. The molecule has 2 heterocycles. The van der Waals surface area contributed by atoms with Gasteiger partial charge in [0.25, 0.3) is 5.56 Å². The molecular formula is C26H30N4O4S. The molecule has 8 nitrogen and oxygen atoms in total. The predicted molar refractivity (Wildman–Crippen MR) is 137 cm³/mol. The van der Waals surface area contributed by atoms with Gasteiger partial charge in [-0.25, -0.2) is 9.78 Å². The fraction of sp³-hybridized carbons (Fsp3) is 0.385. The molecule has 1 N–H and O–H groups in total. The number of aromatic nitrogens is 2. The molecule has 1 aromatic heterocycles. The topological polar surface area (TPSA) is 93.5 Å². The van der Waals surface area contributed by atoms with Crippen molar-refractivity contribution < 1.29 is 14.3 Å². The van der Waals surface area contributed by atoms with Gasteiger partial charge < -0.3 is 15.0 Å². The van der Waals surface area contributed by atoms with E-state index in [4.69, 9.17) is 9.72 Å². The first-order chi connectivity index (χ1) is 16.9. The lowest BCUT2D eigenvalue weighted by Crippen LogP contribution is -2.47. The second-order valence-electron chi connectivity index (χ2n) is 8.66. The standard InChI is InChI=1S/C26H30N4O4S/c1-4-34-26(33)29-13-11-19(12-14-29)27-23(31)16-35-25-28-21-8-6-5-7-20(21)24(32)30(25)22-15-17(2)9-10-18(22)3/h5-10,15,19H,4,11-14,16H2,1-3H3,(H,27,31). The van der Waals surface area contributed by atoms with Gasteiger partial charge in [-0.3, -0.25) is 14.2 Å². The quantitative estimate of drug-likeness (QED) is 0.414. The van der Waals surface area contributed by atoms with E-state index in [2.05, 4.69) is 5.32 Å². The average molecular weight is 495 g/mol. The van der Waals surface area contributed by atoms with Crippen LogP contribution in [0.2, 0.25) is 0 Å². The minimum absolute atomic E-state index is 0.000417. The number of hydrogen-bond acceptors (Lipinski definition) is 6. The van der Waals surface area contributed by atoms with Gasteiger partial charge in [0.05, 0.1) is 29.0 Å². The molecule has 9 heteroatoms. The zero-order chi connectivity index (χ0) is 24.9. The van der Waals surface area contributed by atoms with E-state index in [-0.39, 0.29) is 29.4 Å². The summed E-state index contributed by atoms with van der Waals surface area (Å²) < 4.78 is 6.66. The van der Waals surface area contributed by atoms with E-state index >= 15 is 0 Å². The van der Waals surface area contributed by atoms with Crippen molar-refractivity contribution in [1.29, 1.82) is 0 Å². The summed E-state index contributed by atoms with van der Waals surface area (Å²) in [5.41, 5.74) is 3.21. The Morgan fingerprint density at radius 1 is 1.14 bits per heavy atom. The van der Waals surface area contributed by atoms with Crippen molar-refractivity contribution in [2.45, 2.75) is 44.8 Å². The SMILES string of the molecule is CCOC(=O)N1CCC(NC(=O)CSc2nc3ccccc3c(=O)n2-c2cc(C)ccc2C)CC1. The Morgan fingerprint density at radius 3 is 2.63 bits per heavy atom. The van der Waals surface area contributed by atoms with Crippen LogP contribution in [0.3, 0.4) is 0 Å². The molecule has 1 aliphatic heterocycles. The van der Waals surface area contributed by atoms with Crippen molar-refractivity contribution in [2.24, 2.45) is 0 Å². The van der Waals surface area contributed by atoms with Gasteiger partial charge in [-0.05, 0) is 62.9 Å². The fourth-order valence-corrected chi connectivity index (χ4v) is 5.02. The second-order valence-corrected chi connectivity index (χ2v) is 9.60. The monoisotopic (exact) mass is 494 g/mol. The lowest BCUT2D eigenvalue weighted by molar-refractivity contribution is -0.119. The first-order valence-electron chi connectivity index (χ1n) is 11.8. The molecule has 0 atom stereocenters. The zero-order valence-electron chi connectivity index (χ0n) is 20.2. The third-order valence-electron chi connectivity index (χ3n) is 6.07. The Balaban J connectivity index is 1.50. The maximum Gasteiger partial charge on any atom is 0.409 e. The van der Waals surface area contributed by atoms with Crippen molar-refractivity contribution >= 4 is 34.7 Å². The molecule has 0 saturated carbocycles. The van der Waals surface area contributed by atoms with Crippen molar-refractivity contribution in [3.05, 3.63) is 63.9 Å². The molecule has 3 aromatic rings. The number of hydrogen-bond donors (Lipinski definition) is 1. The van der Waals surface area contributed by atoms with E-state index in [1.807, 2.05) is 50.2 Å². The normalized spacial score (nSPS) is 14.2. The zero-order valence-corrected chi connectivity index (χ0v) is 21.1. The first-order valence-corrected chi connectivity index (χ1v) is 12.8. The van der Waals surface area contributed by atoms with Crippen molar-refractivity contribution in [2.75, 3.05) is 25.4 Å². The molecular weight excluding hydrogens is 464 g/mol. The molecule has 0 radical (unpaired) electrons. The number of ether oxygens (including phenoxy) is 1. The number of para-hydroxylation sites is 1. The summed E-state index contributed by atoms with van der Waals surface area (Å²) >= 11 is 1.25. The fourth-order valence-electron chi connectivity index (χ4n) is 4.20. The van der Waals surface area contributed by atoms with Gasteiger partial charge in [-0.2, -0.15) is 0 Å². The minimum Gasteiger partial charge on any atom is -0.450 e. The van der Waals surface area contributed by atoms with Crippen LogP contribution in [0.25, 0.3) is 16.6 Å². The van der Waals surface area contributed by atoms with Crippen LogP contribution >= 0.6 is 11.8 Å². The van der Waals surface area contributed by atoms with Crippen LogP contribution in [0, 0.1) is 13.8 Å². The van der Waals surface area contributed by atoms with Crippen molar-refractivity contribution in [3.63, 3.8) is 0 Å². The van der Waals surface area contributed by atoms with Crippen molar-refractivity contribution in [3.8, 4) is 5.69 Å². The number of fused-ring (bicyclic) bond motifs is 1. The molecule has 2 aromatic carbocycles. The highest BCUT2D eigenvalue weighted by Crippen LogP contribution is 2.24. The van der Waals surface area contributed by atoms with Gasteiger partial charge in [-0.15, -0.1) is 0 Å². The molecule has 0 spiro atoms. The Kier molecular flexibility index (Phi) is 7.75. The number of likely N-dealkylation sites (tertiary alicyclic amines) is 1. The number of nitrogens with one attached hydrogen (secondary N) is 1. The number of piperidine rings is 1. The van der Waals surface area contributed by atoms with Crippen LogP contribution in [-0.4, -0.2) is 57.9 Å². The summed E-state index contributed by atoms with van der Waals surface area (Å²) in [6.07, 6.45) is 1.05. The molecule has 4 rings (SSSR count). The number of amides is 2. The molecule has 0 aliphatic carbocycles. The lowest BCUT2D eigenvalue weighted by atomic mass is 10.1. The summed E-state index contributed by atoms with van der Waals surface area (Å²) in [4.78, 5) is 44.5. The number of thioether (sulfide) groups is 1. The molecule has 1 fully saturated rings. The van der Waals surface area contributed by atoms with Gasteiger partial charge in [0.1, 0.15) is 0 Å². The maximum absolute atomic E-state index is 13.5. The summed E-state index contributed by atoms with van der Waals surface area (Å²) in [6.45, 7) is 7.18. The third kappa shape index (κ3) is 5.67. The maximum atomic E-state index is 13.5. The number of nitrogens with zero attached hydrogens (tertiary/aromatic N) is 3. The molecule has 0 bridgehead atoms. The van der Waals surface area contributed by atoms with Crippen LogP contribution < -0.4 is 10.9 Å². The Morgan fingerprint density at radius 2 is 1.89 bits per heavy atom. The molecule has 35 heavy (non-hydrogen) atoms. The lowest BCUT2D eigenvalue weighted by Gasteiger charge is -2.31. The van der Waals surface area contributed by atoms with E-state index in [1.165, 1.54) is 11.8 Å². The summed E-state index contributed by atoms with van der Waals surface area (Å²) in [6, 6.07) is 13.2. The number of carbonyl (C=O) groups excluding carboxylic acids is 2. The van der Waals surface area contributed by atoms with E-state index in [9.17, 15) is 14.4 Å². The van der Waals surface area contributed by atoms with E-state index < -0.39 is 0 Å². The molecule has 1 saturated heterocycles. The van der Waals surface area contributed by atoms with Gasteiger partial charge in [0, 0.05) is 19.1 Å². The van der Waals surface area contributed by atoms with Gasteiger partial charge in [0.15, 0.2) is 5.16 Å². The highest BCUT2D eigenvalue weighted by Gasteiger charge is 2.25. The van der Waals surface area contributed by atoms with E-state index in [0.29, 0.717) is 48.6 Å².